The molecule has 1 aliphatic rings. The molecule has 1 nitrogen and oxygen atoms in total. The Labute approximate surface area is 93.3 Å². The standard InChI is InChI=1S/C11H14OS2/c1-13-9-5-3-4-8(10(9)14-2)11(12)6-7-11/h3-5,12H,6-7H2,1-2H3. The van der Waals surface area contributed by atoms with Gasteiger partial charge >= 0.3 is 0 Å². The molecule has 2 rings (SSSR count). The summed E-state index contributed by atoms with van der Waals surface area (Å²) in [6.45, 7) is 0. The van der Waals surface area contributed by atoms with E-state index in [9.17, 15) is 5.11 Å². The summed E-state index contributed by atoms with van der Waals surface area (Å²) in [5, 5.41) is 10.1. The number of aliphatic hydroxyl groups is 1. The molecule has 0 spiro atoms. The third kappa shape index (κ3) is 1.69. The molecule has 76 valence electrons. The predicted molar refractivity (Wildman–Crippen MR) is 63.1 cm³/mol. The summed E-state index contributed by atoms with van der Waals surface area (Å²) in [7, 11) is 0. The molecule has 1 aromatic rings. The van der Waals surface area contributed by atoms with Crippen LogP contribution in [0.5, 0.6) is 0 Å². The smallest absolute Gasteiger partial charge is 0.0910 e. The maximum Gasteiger partial charge on any atom is 0.0910 e. The number of thioether (sulfide) groups is 2. The molecule has 0 radical (unpaired) electrons. The topological polar surface area (TPSA) is 20.2 Å². The minimum Gasteiger partial charge on any atom is -0.385 e. The van der Waals surface area contributed by atoms with E-state index in [0.29, 0.717) is 0 Å². The first-order chi connectivity index (χ1) is 6.71. The van der Waals surface area contributed by atoms with Crippen molar-refractivity contribution in [3.05, 3.63) is 23.8 Å². The van der Waals surface area contributed by atoms with Gasteiger partial charge in [0.25, 0.3) is 0 Å². The number of rotatable bonds is 3. The van der Waals surface area contributed by atoms with Gasteiger partial charge < -0.3 is 5.11 Å². The molecule has 1 aliphatic carbocycles. The van der Waals surface area contributed by atoms with E-state index in [1.165, 1.54) is 9.79 Å². The van der Waals surface area contributed by atoms with Gasteiger partial charge in [0.2, 0.25) is 0 Å². The highest BCUT2D eigenvalue weighted by atomic mass is 32.2. The molecule has 0 aliphatic heterocycles. The highest BCUT2D eigenvalue weighted by molar-refractivity contribution is 8.01. The molecule has 1 N–H and O–H groups in total. The third-order valence-electron chi connectivity index (χ3n) is 2.63. The van der Waals surface area contributed by atoms with Crippen LogP contribution in [0.4, 0.5) is 0 Å². The van der Waals surface area contributed by atoms with Gasteiger partial charge in [0, 0.05) is 9.79 Å². The molecule has 0 heterocycles. The first-order valence-electron chi connectivity index (χ1n) is 4.65. The van der Waals surface area contributed by atoms with E-state index in [1.807, 2.05) is 6.07 Å². The van der Waals surface area contributed by atoms with Crippen molar-refractivity contribution >= 4 is 23.5 Å². The van der Waals surface area contributed by atoms with Gasteiger partial charge in [-0.1, -0.05) is 12.1 Å². The normalized spacial score (nSPS) is 18.2. The van der Waals surface area contributed by atoms with Crippen LogP contribution < -0.4 is 0 Å². The second-order valence-corrected chi connectivity index (χ2v) is 5.24. The molecule has 0 aromatic heterocycles. The molecule has 0 amide bonds. The van der Waals surface area contributed by atoms with Crippen LogP contribution in [0.2, 0.25) is 0 Å². The van der Waals surface area contributed by atoms with Gasteiger partial charge in [-0.3, -0.25) is 0 Å². The van der Waals surface area contributed by atoms with Gasteiger partial charge in [-0.2, -0.15) is 0 Å². The SMILES string of the molecule is CSc1cccc(C2(O)CC2)c1SC. The minimum atomic E-state index is -0.510. The van der Waals surface area contributed by atoms with E-state index < -0.39 is 5.60 Å². The molecule has 1 saturated carbocycles. The molecular weight excluding hydrogens is 212 g/mol. The van der Waals surface area contributed by atoms with Crippen molar-refractivity contribution in [2.24, 2.45) is 0 Å². The van der Waals surface area contributed by atoms with Gasteiger partial charge in [-0.15, -0.1) is 23.5 Å². The maximum absolute atomic E-state index is 10.1. The highest BCUT2D eigenvalue weighted by Gasteiger charge is 2.43. The predicted octanol–water partition coefficient (Wildman–Crippen LogP) is 3.11. The van der Waals surface area contributed by atoms with Crippen LogP contribution in [0.15, 0.2) is 28.0 Å². The Balaban J connectivity index is 2.48. The fourth-order valence-corrected chi connectivity index (χ4v) is 3.40. The third-order valence-corrected chi connectivity index (χ3v) is 4.39. The maximum atomic E-state index is 10.1. The Morgan fingerprint density at radius 2 is 1.93 bits per heavy atom. The Hall–Kier alpha value is -0.120. The van der Waals surface area contributed by atoms with Crippen LogP contribution in [0.3, 0.4) is 0 Å². The summed E-state index contributed by atoms with van der Waals surface area (Å²) in [5.41, 5.74) is 0.612. The van der Waals surface area contributed by atoms with Crippen molar-refractivity contribution in [1.82, 2.24) is 0 Å². The first-order valence-corrected chi connectivity index (χ1v) is 7.10. The molecule has 0 atom stereocenters. The highest BCUT2D eigenvalue weighted by Crippen LogP contribution is 2.49. The quantitative estimate of drug-likeness (QED) is 0.800. The van der Waals surface area contributed by atoms with E-state index in [2.05, 4.69) is 24.6 Å². The largest absolute Gasteiger partial charge is 0.385 e. The van der Waals surface area contributed by atoms with Gasteiger partial charge in [0.15, 0.2) is 0 Å². The molecule has 1 aromatic carbocycles. The molecule has 0 unspecified atom stereocenters. The van der Waals surface area contributed by atoms with E-state index in [1.54, 1.807) is 23.5 Å². The van der Waals surface area contributed by atoms with E-state index in [-0.39, 0.29) is 0 Å². The van der Waals surface area contributed by atoms with Crippen molar-refractivity contribution in [1.29, 1.82) is 0 Å². The second-order valence-electron chi connectivity index (χ2n) is 3.57. The number of hydrogen-bond donors (Lipinski definition) is 1. The number of hydrogen-bond acceptors (Lipinski definition) is 3. The van der Waals surface area contributed by atoms with Gasteiger partial charge in [-0.25, -0.2) is 0 Å². The fraction of sp³-hybridized carbons (Fsp3) is 0.455. The average Bonchev–Trinajstić information content (AvgIpc) is 2.96. The van der Waals surface area contributed by atoms with E-state index in [4.69, 9.17) is 0 Å². The van der Waals surface area contributed by atoms with Crippen molar-refractivity contribution in [3.8, 4) is 0 Å². The van der Waals surface area contributed by atoms with Crippen LogP contribution in [0, 0.1) is 0 Å². The van der Waals surface area contributed by atoms with Crippen molar-refractivity contribution < 1.29 is 5.11 Å². The van der Waals surface area contributed by atoms with Crippen molar-refractivity contribution in [3.63, 3.8) is 0 Å². The van der Waals surface area contributed by atoms with Gasteiger partial charge in [0.05, 0.1) is 5.60 Å². The molecule has 14 heavy (non-hydrogen) atoms. The number of benzene rings is 1. The zero-order chi connectivity index (χ0) is 10.2. The van der Waals surface area contributed by atoms with Crippen molar-refractivity contribution in [2.45, 2.75) is 28.2 Å². The van der Waals surface area contributed by atoms with Crippen LogP contribution >= 0.6 is 23.5 Å². The van der Waals surface area contributed by atoms with Crippen LogP contribution in [0.1, 0.15) is 18.4 Å². The van der Waals surface area contributed by atoms with Crippen LogP contribution in [-0.2, 0) is 5.60 Å². The monoisotopic (exact) mass is 226 g/mol. The van der Waals surface area contributed by atoms with E-state index >= 15 is 0 Å². The molecule has 3 heteroatoms. The summed E-state index contributed by atoms with van der Waals surface area (Å²) in [6, 6.07) is 6.21. The first kappa shape index (κ1) is 10.4. The summed E-state index contributed by atoms with van der Waals surface area (Å²) in [6.07, 6.45) is 5.98. The summed E-state index contributed by atoms with van der Waals surface area (Å²) >= 11 is 3.48. The fourth-order valence-electron chi connectivity index (χ4n) is 1.64. The van der Waals surface area contributed by atoms with Crippen molar-refractivity contribution in [2.75, 3.05) is 12.5 Å². The Morgan fingerprint density at radius 1 is 1.21 bits per heavy atom. The lowest BCUT2D eigenvalue weighted by molar-refractivity contribution is 0.148. The van der Waals surface area contributed by atoms with E-state index in [0.717, 1.165) is 18.4 Å². The minimum absolute atomic E-state index is 0.510. The molecular formula is C11H14OS2. The van der Waals surface area contributed by atoms with Crippen LogP contribution in [0.25, 0.3) is 0 Å². The second kappa shape index (κ2) is 3.80. The lowest BCUT2D eigenvalue weighted by Crippen LogP contribution is -2.06. The van der Waals surface area contributed by atoms with Gasteiger partial charge in [0.1, 0.15) is 0 Å². The molecule has 1 fully saturated rings. The Morgan fingerprint density at radius 3 is 2.43 bits per heavy atom. The molecule has 0 bridgehead atoms. The lowest BCUT2D eigenvalue weighted by Gasteiger charge is -2.15. The Kier molecular flexibility index (Phi) is 2.82. The summed E-state index contributed by atoms with van der Waals surface area (Å²) in [5.74, 6) is 0. The summed E-state index contributed by atoms with van der Waals surface area (Å²) in [4.78, 5) is 2.52. The Bertz CT molecular complexity index is 345. The van der Waals surface area contributed by atoms with Gasteiger partial charge in [-0.05, 0) is 37.0 Å². The average molecular weight is 226 g/mol. The lowest BCUT2D eigenvalue weighted by atomic mass is 10.1. The molecule has 0 saturated heterocycles. The van der Waals surface area contributed by atoms with Crippen LogP contribution in [-0.4, -0.2) is 17.6 Å². The zero-order valence-electron chi connectivity index (χ0n) is 8.41. The summed E-state index contributed by atoms with van der Waals surface area (Å²) < 4.78 is 0. The zero-order valence-corrected chi connectivity index (χ0v) is 10.0.